The number of carbonyl (C=O) groups excluding carboxylic acids is 1. The average molecular weight is 391 g/mol. The SMILES string of the molecule is COc1cc(/C=N\NC(=O)CN(c2ccc(C)cc2)S(C)(=O)=O)ccc1O. The summed E-state index contributed by atoms with van der Waals surface area (Å²) < 4.78 is 30.0. The molecule has 0 spiro atoms. The second-order valence-electron chi connectivity index (χ2n) is 5.83. The highest BCUT2D eigenvalue weighted by atomic mass is 32.2. The lowest BCUT2D eigenvalue weighted by molar-refractivity contribution is -0.119. The lowest BCUT2D eigenvalue weighted by atomic mass is 10.2. The van der Waals surface area contributed by atoms with Crippen molar-refractivity contribution in [3.8, 4) is 11.5 Å². The number of sulfonamides is 1. The highest BCUT2D eigenvalue weighted by Gasteiger charge is 2.20. The first-order chi connectivity index (χ1) is 12.7. The summed E-state index contributed by atoms with van der Waals surface area (Å²) in [5, 5.41) is 13.4. The third kappa shape index (κ3) is 5.71. The number of aryl methyl sites for hydroxylation is 1. The van der Waals surface area contributed by atoms with Crippen LogP contribution in [0.3, 0.4) is 0 Å². The predicted molar refractivity (Wildman–Crippen MR) is 104 cm³/mol. The van der Waals surface area contributed by atoms with Crippen LogP contribution in [0.15, 0.2) is 47.6 Å². The van der Waals surface area contributed by atoms with Gasteiger partial charge in [0.1, 0.15) is 6.54 Å². The minimum atomic E-state index is -3.64. The Labute approximate surface area is 158 Å². The van der Waals surface area contributed by atoms with E-state index in [1.807, 2.05) is 6.92 Å². The minimum Gasteiger partial charge on any atom is -0.504 e. The van der Waals surface area contributed by atoms with Crippen molar-refractivity contribution in [1.29, 1.82) is 0 Å². The number of hydrogen-bond acceptors (Lipinski definition) is 6. The molecule has 0 aliphatic heterocycles. The quantitative estimate of drug-likeness (QED) is 0.551. The zero-order valence-electron chi connectivity index (χ0n) is 15.2. The van der Waals surface area contributed by atoms with Gasteiger partial charge in [-0.1, -0.05) is 17.7 Å². The number of hydrazone groups is 1. The Morgan fingerprint density at radius 2 is 1.93 bits per heavy atom. The van der Waals surface area contributed by atoms with Crippen LogP contribution in [0.5, 0.6) is 11.5 Å². The number of methoxy groups -OCH3 is 1. The van der Waals surface area contributed by atoms with E-state index in [0.29, 0.717) is 11.3 Å². The van der Waals surface area contributed by atoms with E-state index in [2.05, 4.69) is 10.5 Å². The maximum Gasteiger partial charge on any atom is 0.260 e. The van der Waals surface area contributed by atoms with E-state index in [1.165, 1.54) is 19.4 Å². The number of anilines is 1. The van der Waals surface area contributed by atoms with Gasteiger partial charge >= 0.3 is 0 Å². The van der Waals surface area contributed by atoms with Crippen molar-refractivity contribution in [1.82, 2.24) is 5.43 Å². The second-order valence-corrected chi connectivity index (χ2v) is 7.74. The molecule has 0 atom stereocenters. The topological polar surface area (TPSA) is 108 Å². The minimum absolute atomic E-state index is 0.0134. The molecule has 0 saturated carbocycles. The Morgan fingerprint density at radius 1 is 1.26 bits per heavy atom. The molecule has 2 rings (SSSR count). The van der Waals surface area contributed by atoms with Gasteiger partial charge in [-0.15, -0.1) is 0 Å². The second kappa shape index (κ2) is 8.54. The number of carbonyl (C=O) groups is 1. The van der Waals surface area contributed by atoms with Gasteiger partial charge in [-0.25, -0.2) is 13.8 Å². The van der Waals surface area contributed by atoms with E-state index in [9.17, 15) is 18.3 Å². The van der Waals surface area contributed by atoms with Crippen LogP contribution in [0, 0.1) is 6.92 Å². The molecule has 0 saturated heterocycles. The molecule has 9 heteroatoms. The average Bonchev–Trinajstić information content (AvgIpc) is 2.61. The van der Waals surface area contributed by atoms with Crippen LogP contribution in [0.4, 0.5) is 5.69 Å². The fourth-order valence-electron chi connectivity index (χ4n) is 2.23. The standard InChI is InChI=1S/C18H21N3O5S/c1-13-4-7-15(8-5-13)21(27(3,24)25)12-18(23)20-19-11-14-6-9-16(22)17(10-14)26-2/h4-11,22H,12H2,1-3H3,(H,20,23)/b19-11-. The molecule has 8 nitrogen and oxygen atoms in total. The summed E-state index contributed by atoms with van der Waals surface area (Å²) in [4.78, 5) is 12.1. The number of phenolic OH excluding ortho intramolecular Hbond substituents is 1. The molecule has 0 aliphatic rings. The molecule has 1 amide bonds. The van der Waals surface area contributed by atoms with Crippen LogP contribution < -0.4 is 14.5 Å². The summed E-state index contributed by atoms with van der Waals surface area (Å²) in [5.41, 5.74) is 4.25. The normalized spacial score (nSPS) is 11.4. The summed E-state index contributed by atoms with van der Waals surface area (Å²) >= 11 is 0. The molecule has 0 bridgehead atoms. The summed E-state index contributed by atoms with van der Waals surface area (Å²) in [5.74, 6) is -0.337. The molecular weight excluding hydrogens is 370 g/mol. The van der Waals surface area contributed by atoms with Gasteiger partial charge in [-0.3, -0.25) is 9.10 Å². The van der Waals surface area contributed by atoms with Crippen molar-refractivity contribution in [3.63, 3.8) is 0 Å². The van der Waals surface area contributed by atoms with Crippen LogP contribution in [-0.4, -0.2) is 45.6 Å². The van der Waals surface area contributed by atoms with E-state index in [4.69, 9.17) is 4.74 Å². The molecule has 0 aromatic heterocycles. The summed E-state index contributed by atoms with van der Waals surface area (Å²) in [6.07, 6.45) is 2.39. The smallest absolute Gasteiger partial charge is 0.260 e. The molecule has 2 N–H and O–H groups in total. The van der Waals surface area contributed by atoms with Gasteiger partial charge in [0, 0.05) is 0 Å². The van der Waals surface area contributed by atoms with E-state index in [0.717, 1.165) is 16.1 Å². The molecule has 0 unspecified atom stereocenters. The summed E-state index contributed by atoms with van der Waals surface area (Å²) in [6, 6.07) is 11.4. The van der Waals surface area contributed by atoms with Crippen LogP contribution >= 0.6 is 0 Å². The molecule has 0 aliphatic carbocycles. The maximum absolute atomic E-state index is 12.1. The molecule has 0 fully saturated rings. The van der Waals surface area contributed by atoms with Gasteiger partial charge in [0.15, 0.2) is 11.5 Å². The zero-order chi connectivity index (χ0) is 20.0. The van der Waals surface area contributed by atoms with Crippen molar-refractivity contribution >= 4 is 27.8 Å². The van der Waals surface area contributed by atoms with Crippen LogP contribution in [-0.2, 0) is 14.8 Å². The lowest BCUT2D eigenvalue weighted by Gasteiger charge is -2.21. The Morgan fingerprint density at radius 3 is 2.52 bits per heavy atom. The number of hydrogen-bond donors (Lipinski definition) is 2. The number of ether oxygens (including phenoxy) is 1. The van der Waals surface area contributed by atoms with Gasteiger partial charge in [0.25, 0.3) is 5.91 Å². The Kier molecular flexibility index (Phi) is 6.40. The third-order valence-electron chi connectivity index (χ3n) is 3.62. The molecule has 2 aromatic carbocycles. The van der Waals surface area contributed by atoms with E-state index in [-0.39, 0.29) is 11.5 Å². The van der Waals surface area contributed by atoms with Crippen molar-refractivity contribution in [2.75, 3.05) is 24.2 Å². The van der Waals surface area contributed by atoms with Gasteiger partial charge in [0.2, 0.25) is 10.0 Å². The largest absolute Gasteiger partial charge is 0.504 e. The highest BCUT2D eigenvalue weighted by Crippen LogP contribution is 2.25. The van der Waals surface area contributed by atoms with Crippen molar-refractivity contribution in [2.45, 2.75) is 6.92 Å². The van der Waals surface area contributed by atoms with E-state index in [1.54, 1.807) is 36.4 Å². The summed E-state index contributed by atoms with van der Waals surface area (Å²) in [7, 11) is -2.22. The van der Waals surface area contributed by atoms with Crippen LogP contribution in [0.25, 0.3) is 0 Å². The molecule has 0 radical (unpaired) electrons. The number of nitrogens with one attached hydrogen (secondary N) is 1. The van der Waals surface area contributed by atoms with Crippen molar-refractivity contribution < 1.29 is 23.1 Å². The third-order valence-corrected chi connectivity index (χ3v) is 4.76. The van der Waals surface area contributed by atoms with Gasteiger partial charge in [-0.2, -0.15) is 5.10 Å². The summed E-state index contributed by atoms with van der Waals surface area (Å²) in [6.45, 7) is 1.48. The number of phenols is 1. The maximum atomic E-state index is 12.1. The zero-order valence-corrected chi connectivity index (χ0v) is 16.0. The van der Waals surface area contributed by atoms with Crippen LogP contribution in [0.2, 0.25) is 0 Å². The fourth-order valence-corrected chi connectivity index (χ4v) is 3.09. The van der Waals surface area contributed by atoms with E-state index >= 15 is 0 Å². The molecule has 144 valence electrons. The Bertz CT molecular complexity index is 940. The predicted octanol–water partition coefficient (Wildman–Crippen LogP) is 1.63. The van der Waals surface area contributed by atoms with Gasteiger partial charge in [0.05, 0.1) is 25.3 Å². The number of aromatic hydroxyl groups is 1. The molecule has 0 heterocycles. The van der Waals surface area contributed by atoms with Crippen LogP contribution in [0.1, 0.15) is 11.1 Å². The first-order valence-corrected chi connectivity index (χ1v) is 9.79. The molecular formula is C18H21N3O5S. The lowest BCUT2D eigenvalue weighted by Crippen LogP contribution is -2.39. The van der Waals surface area contributed by atoms with Crippen molar-refractivity contribution in [3.05, 3.63) is 53.6 Å². The fraction of sp³-hybridized carbons (Fsp3) is 0.222. The molecule has 27 heavy (non-hydrogen) atoms. The highest BCUT2D eigenvalue weighted by molar-refractivity contribution is 7.92. The van der Waals surface area contributed by atoms with E-state index < -0.39 is 22.5 Å². The number of benzene rings is 2. The number of amides is 1. The van der Waals surface area contributed by atoms with Gasteiger partial charge < -0.3 is 9.84 Å². The molecule has 2 aromatic rings. The number of rotatable bonds is 7. The van der Waals surface area contributed by atoms with Gasteiger partial charge in [-0.05, 0) is 42.8 Å². The first kappa shape index (κ1) is 20.2. The monoisotopic (exact) mass is 391 g/mol. The van der Waals surface area contributed by atoms with Crippen molar-refractivity contribution in [2.24, 2.45) is 5.10 Å². The Hall–Kier alpha value is -3.07. The first-order valence-electron chi connectivity index (χ1n) is 7.94. The number of nitrogens with zero attached hydrogens (tertiary/aromatic N) is 2. The Balaban J connectivity index is 2.07.